The highest BCUT2D eigenvalue weighted by atomic mass is 31.1. The maximum absolute atomic E-state index is 13.8. The lowest BCUT2D eigenvalue weighted by Crippen LogP contribution is -2.16. The van der Waals surface area contributed by atoms with Gasteiger partial charge in [-0.15, -0.1) is 0 Å². The summed E-state index contributed by atoms with van der Waals surface area (Å²) in [4.78, 5) is 12.2. The molecule has 166 valence electrons. The molecule has 0 heterocycles. The lowest BCUT2D eigenvalue weighted by atomic mass is 9.98. The van der Waals surface area contributed by atoms with Gasteiger partial charge in [0, 0.05) is 17.3 Å². The van der Waals surface area contributed by atoms with E-state index in [4.69, 9.17) is 4.74 Å². The van der Waals surface area contributed by atoms with Crippen LogP contribution in [0.2, 0.25) is 0 Å². The highest BCUT2D eigenvalue weighted by Crippen LogP contribution is 2.29. The fraction of sp³-hybridized carbons (Fsp3) is 0.138. The second kappa shape index (κ2) is 10.6. The average molecular weight is 456 g/mol. The Hall–Kier alpha value is -3.29. The van der Waals surface area contributed by atoms with E-state index in [-0.39, 0.29) is 14.4 Å². The summed E-state index contributed by atoms with van der Waals surface area (Å²) in [6, 6.07) is 29.5. The Morgan fingerprint density at radius 1 is 0.788 bits per heavy atom. The number of carbonyl (C=O) groups excluding carboxylic acids is 1. The van der Waals surface area contributed by atoms with E-state index in [9.17, 15) is 9.18 Å². The highest BCUT2D eigenvalue weighted by molar-refractivity contribution is 7.56. The van der Waals surface area contributed by atoms with Gasteiger partial charge in [-0.25, -0.2) is 4.39 Å². The quantitative estimate of drug-likeness (QED) is 0.246. The average Bonchev–Trinajstić information content (AvgIpc) is 2.81. The van der Waals surface area contributed by atoms with E-state index in [0.29, 0.717) is 5.56 Å². The van der Waals surface area contributed by atoms with Crippen LogP contribution in [0.3, 0.4) is 0 Å². The van der Waals surface area contributed by atoms with E-state index in [2.05, 4.69) is 36.4 Å². The summed E-state index contributed by atoms with van der Waals surface area (Å²) in [5, 5.41) is 1.84. The smallest absolute Gasteiger partial charge is 0.160 e. The standard InChI is InChI=1S/C29H26FO2P/c1-20(31)26-19-25(30)13-14-27(26)33-28-18-23(15-21-9-5-3-6-10-21)17-24(29(28)32-2)16-22-11-7-4-8-12-22/h3-14,17-19,33H,15-16H2,1-2H3. The van der Waals surface area contributed by atoms with Crippen LogP contribution in [0, 0.1) is 5.82 Å². The molecule has 4 aromatic rings. The third-order valence-corrected chi connectivity index (χ3v) is 6.89. The van der Waals surface area contributed by atoms with E-state index in [0.717, 1.165) is 34.8 Å². The molecule has 0 aliphatic heterocycles. The van der Waals surface area contributed by atoms with Crippen molar-refractivity contribution in [1.82, 2.24) is 0 Å². The summed E-state index contributed by atoms with van der Waals surface area (Å²) in [6.45, 7) is 1.48. The number of hydrogen-bond donors (Lipinski definition) is 0. The number of rotatable bonds is 8. The first kappa shape index (κ1) is 22.9. The van der Waals surface area contributed by atoms with Gasteiger partial charge in [0.25, 0.3) is 0 Å². The molecule has 0 bridgehead atoms. The topological polar surface area (TPSA) is 26.3 Å². The maximum Gasteiger partial charge on any atom is 0.160 e. The van der Waals surface area contributed by atoms with E-state index < -0.39 is 5.82 Å². The Bertz CT molecular complexity index is 1250. The van der Waals surface area contributed by atoms with Crippen molar-refractivity contribution in [3.8, 4) is 5.75 Å². The molecule has 33 heavy (non-hydrogen) atoms. The molecular formula is C29H26FO2P. The number of carbonyl (C=O) groups is 1. The first-order chi connectivity index (χ1) is 16.0. The van der Waals surface area contributed by atoms with E-state index in [1.165, 1.54) is 35.7 Å². The van der Waals surface area contributed by atoms with Crippen molar-refractivity contribution < 1.29 is 13.9 Å². The number of methoxy groups -OCH3 is 1. The van der Waals surface area contributed by atoms with Gasteiger partial charge in [0.05, 0.1) is 7.11 Å². The minimum Gasteiger partial charge on any atom is -0.496 e. The lowest BCUT2D eigenvalue weighted by Gasteiger charge is -2.18. The van der Waals surface area contributed by atoms with Gasteiger partial charge < -0.3 is 4.74 Å². The van der Waals surface area contributed by atoms with Gasteiger partial charge in [-0.1, -0.05) is 81.4 Å². The SMILES string of the molecule is COc1c(Cc2ccccc2)cc(Cc2ccccc2)cc1Pc1ccc(F)cc1C(C)=O. The van der Waals surface area contributed by atoms with Gasteiger partial charge >= 0.3 is 0 Å². The summed E-state index contributed by atoms with van der Waals surface area (Å²) >= 11 is 0. The molecule has 4 heteroatoms. The van der Waals surface area contributed by atoms with Gasteiger partial charge in [0.15, 0.2) is 5.78 Å². The zero-order chi connectivity index (χ0) is 23.2. The molecule has 0 radical (unpaired) electrons. The Labute approximate surface area is 196 Å². The van der Waals surface area contributed by atoms with Crippen LogP contribution in [-0.4, -0.2) is 12.9 Å². The van der Waals surface area contributed by atoms with Crippen LogP contribution in [0.1, 0.15) is 39.5 Å². The summed E-state index contributed by atoms with van der Waals surface area (Å²) in [6.07, 6.45) is 1.54. The minimum absolute atomic E-state index is 0.138. The van der Waals surface area contributed by atoms with Crippen LogP contribution < -0.4 is 15.3 Å². The van der Waals surface area contributed by atoms with Crippen molar-refractivity contribution in [2.24, 2.45) is 0 Å². The second-order valence-corrected chi connectivity index (χ2v) is 9.36. The van der Waals surface area contributed by atoms with E-state index in [1.807, 2.05) is 36.4 Å². The third kappa shape index (κ3) is 5.74. The van der Waals surface area contributed by atoms with Gasteiger partial charge in [-0.2, -0.15) is 0 Å². The molecule has 2 nitrogen and oxygen atoms in total. The highest BCUT2D eigenvalue weighted by Gasteiger charge is 2.16. The molecule has 0 fully saturated rings. The number of benzene rings is 4. The predicted octanol–water partition coefficient (Wildman–Crippen LogP) is 5.85. The van der Waals surface area contributed by atoms with Crippen LogP contribution in [0.25, 0.3) is 0 Å². The zero-order valence-corrected chi connectivity index (χ0v) is 19.8. The van der Waals surface area contributed by atoms with Crippen molar-refractivity contribution in [3.63, 3.8) is 0 Å². The molecule has 1 unspecified atom stereocenters. The lowest BCUT2D eigenvalue weighted by molar-refractivity contribution is 0.101. The molecule has 0 aliphatic rings. The number of ketones is 1. The van der Waals surface area contributed by atoms with Crippen LogP contribution in [0.4, 0.5) is 4.39 Å². The maximum atomic E-state index is 13.8. The molecule has 0 saturated heterocycles. The first-order valence-electron chi connectivity index (χ1n) is 10.9. The number of Topliss-reactive ketones (excluding diaryl/α,β-unsaturated/α-hetero) is 1. The normalized spacial score (nSPS) is 11.1. The number of hydrogen-bond acceptors (Lipinski definition) is 2. The fourth-order valence-electron chi connectivity index (χ4n) is 4.03. The monoisotopic (exact) mass is 456 g/mol. The van der Waals surface area contributed by atoms with Crippen LogP contribution in [0.15, 0.2) is 91.0 Å². The second-order valence-electron chi connectivity index (χ2n) is 8.03. The Balaban J connectivity index is 1.79. The van der Waals surface area contributed by atoms with Gasteiger partial charge in [-0.3, -0.25) is 4.79 Å². The summed E-state index contributed by atoms with van der Waals surface area (Å²) in [7, 11) is 1.86. The van der Waals surface area contributed by atoms with Crippen molar-refractivity contribution >= 4 is 25.0 Å². The number of ether oxygens (including phenoxy) is 1. The minimum atomic E-state index is -0.400. The van der Waals surface area contributed by atoms with Crippen molar-refractivity contribution in [3.05, 3.63) is 125 Å². The molecule has 0 N–H and O–H groups in total. The molecule has 0 amide bonds. The zero-order valence-electron chi connectivity index (χ0n) is 18.8. The molecule has 0 saturated carbocycles. The Morgan fingerprint density at radius 2 is 1.42 bits per heavy atom. The van der Waals surface area contributed by atoms with Crippen molar-refractivity contribution in [2.45, 2.75) is 19.8 Å². The van der Waals surface area contributed by atoms with Gasteiger partial charge in [0.2, 0.25) is 0 Å². The van der Waals surface area contributed by atoms with E-state index >= 15 is 0 Å². The van der Waals surface area contributed by atoms with Crippen molar-refractivity contribution in [1.29, 1.82) is 0 Å². The van der Waals surface area contributed by atoms with E-state index in [1.54, 1.807) is 13.2 Å². The molecule has 4 aromatic carbocycles. The van der Waals surface area contributed by atoms with Crippen LogP contribution in [-0.2, 0) is 12.8 Å². The molecule has 0 aliphatic carbocycles. The fourth-order valence-corrected chi connectivity index (χ4v) is 5.50. The molecule has 4 rings (SSSR count). The molecule has 0 aromatic heterocycles. The molecule has 1 atom stereocenters. The Kier molecular flexibility index (Phi) is 7.32. The number of halogens is 1. The van der Waals surface area contributed by atoms with Crippen molar-refractivity contribution in [2.75, 3.05) is 7.11 Å². The molecule has 0 spiro atoms. The largest absolute Gasteiger partial charge is 0.496 e. The van der Waals surface area contributed by atoms with Gasteiger partial charge in [0.1, 0.15) is 11.6 Å². The van der Waals surface area contributed by atoms with Gasteiger partial charge in [-0.05, 0) is 59.1 Å². The molecular weight excluding hydrogens is 430 g/mol. The van der Waals surface area contributed by atoms with Crippen LogP contribution >= 0.6 is 8.58 Å². The Morgan fingerprint density at radius 3 is 2.03 bits per heavy atom. The summed E-state index contributed by atoms with van der Waals surface area (Å²) < 4.78 is 19.7. The summed E-state index contributed by atoms with van der Waals surface area (Å²) in [5.41, 5.74) is 5.14. The van der Waals surface area contributed by atoms with Crippen LogP contribution in [0.5, 0.6) is 5.75 Å². The summed E-state index contributed by atoms with van der Waals surface area (Å²) in [5.74, 6) is 0.289. The predicted molar refractivity (Wildman–Crippen MR) is 135 cm³/mol. The first-order valence-corrected chi connectivity index (χ1v) is 11.9. The third-order valence-electron chi connectivity index (χ3n) is 5.55.